The zero-order chi connectivity index (χ0) is 23.2. The van der Waals surface area contributed by atoms with Gasteiger partial charge in [-0.1, -0.05) is 17.7 Å². The number of rotatable bonds is 3. The predicted molar refractivity (Wildman–Crippen MR) is 124 cm³/mol. The van der Waals surface area contributed by atoms with E-state index >= 15 is 0 Å². The molecule has 0 saturated heterocycles. The van der Waals surface area contributed by atoms with Crippen molar-refractivity contribution in [2.24, 2.45) is 10.5 Å². The Morgan fingerprint density at radius 3 is 2.70 bits per heavy atom. The maximum Gasteiger partial charge on any atom is 0.259 e. The fourth-order valence-corrected chi connectivity index (χ4v) is 4.98. The molecule has 1 fully saturated rings. The van der Waals surface area contributed by atoms with E-state index in [0.29, 0.717) is 53.7 Å². The van der Waals surface area contributed by atoms with Gasteiger partial charge in [0, 0.05) is 18.4 Å². The van der Waals surface area contributed by atoms with E-state index in [1.165, 1.54) is 23.2 Å². The fraction of sp³-hybridized carbons (Fsp3) is 0.292. The molecule has 168 valence electrons. The molecule has 1 aliphatic heterocycles. The van der Waals surface area contributed by atoms with E-state index in [1.807, 2.05) is 13.0 Å². The van der Waals surface area contributed by atoms with Crippen LogP contribution in [0.1, 0.15) is 43.0 Å². The first-order valence-electron chi connectivity index (χ1n) is 10.7. The Labute approximate surface area is 194 Å². The van der Waals surface area contributed by atoms with Gasteiger partial charge in [0.25, 0.3) is 11.8 Å². The van der Waals surface area contributed by atoms with Crippen molar-refractivity contribution in [1.29, 1.82) is 0 Å². The van der Waals surface area contributed by atoms with Crippen LogP contribution in [-0.2, 0) is 4.79 Å². The molecule has 9 heteroatoms. The lowest BCUT2D eigenvalue weighted by atomic mass is 9.69. The van der Waals surface area contributed by atoms with Crippen molar-refractivity contribution < 1.29 is 14.0 Å². The summed E-state index contributed by atoms with van der Waals surface area (Å²) in [6.45, 7) is 1.84. The number of carbonyl (C=O) groups is 2. The molecule has 3 aromatic rings. The Bertz CT molecular complexity index is 1300. The van der Waals surface area contributed by atoms with Crippen LogP contribution in [0.2, 0.25) is 5.02 Å². The summed E-state index contributed by atoms with van der Waals surface area (Å²) in [6, 6.07) is 9.16. The van der Waals surface area contributed by atoms with Gasteiger partial charge in [0.05, 0.1) is 32.9 Å². The fourth-order valence-electron chi connectivity index (χ4n) is 4.73. The van der Waals surface area contributed by atoms with E-state index < -0.39 is 11.2 Å². The van der Waals surface area contributed by atoms with Gasteiger partial charge in [-0.25, -0.2) is 4.39 Å². The van der Waals surface area contributed by atoms with Crippen LogP contribution in [0.5, 0.6) is 0 Å². The first-order valence-corrected chi connectivity index (χ1v) is 11.1. The molecule has 0 radical (unpaired) electrons. The quantitative estimate of drug-likeness (QED) is 0.616. The largest absolute Gasteiger partial charge is 0.349 e. The molecule has 2 aliphatic rings. The summed E-state index contributed by atoms with van der Waals surface area (Å²) in [5.74, 6) is -0.841. The Balaban J connectivity index is 1.30. The van der Waals surface area contributed by atoms with E-state index in [2.05, 4.69) is 20.4 Å². The van der Waals surface area contributed by atoms with Crippen LogP contribution in [-0.4, -0.2) is 33.5 Å². The number of anilines is 1. The van der Waals surface area contributed by atoms with Crippen molar-refractivity contribution in [3.8, 4) is 0 Å². The van der Waals surface area contributed by atoms with E-state index in [9.17, 15) is 14.0 Å². The third-order valence-corrected chi connectivity index (χ3v) is 6.90. The Hall–Kier alpha value is -3.39. The first kappa shape index (κ1) is 21.5. The van der Waals surface area contributed by atoms with Gasteiger partial charge in [0.2, 0.25) is 0 Å². The summed E-state index contributed by atoms with van der Waals surface area (Å²) in [5, 5.41) is 8.97. The van der Waals surface area contributed by atoms with Crippen LogP contribution in [0.4, 0.5) is 10.1 Å². The number of para-hydroxylation sites is 1. The molecule has 1 saturated carbocycles. The van der Waals surface area contributed by atoms with Gasteiger partial charge in [-0.15, -0.1) is 0 Å². The van der Waals surface area contributed by atoms with Crippen LogP contribution in [0, 0.1) is 11.2 Å². The number of nitrogens with one attached hydrogen (secondary N) is 1. The van der Waals surface area contributed by atoms with Gasteiger partial charge in [0.1, 0.15) is 11.3 Å². The highest BCUT2D eigenvalue weighted by molar-refractivity contribution is 6.34. The van der Waals surface area contributed by atoms with Gasteiger partial charge in [-0.05, 0) is 62.9 Å². The van der Waals surface area contributed by atoms with Crippen molar-refractivity contribution in [3.05, 3.63) is 65.2 Å². The molecular weight excluding hydrogens is 445 g/mol. The SMILES string of the molecule is CC1=NN(c2ccc(F)cc2Cl)C(=O)[C@]12CC[C@H](NC(=O)c1cccc3nccnc13)CC2. The summed E-state index contributed by atoms with van der Waals surface area (Å²) < 4.78 is 13.4. The van der Waals surface area contributed by atoms with Gasteiger partial charge in [-0.3, -0.25) is 19.6 Å². The Kier molecular flexibility index (Phi) is 5.32. The van der Waals surface area contributed by atoms with Crippen LogP contribution in [0.3, 0.4) is 0 Å². The summed E-state index contributed by atoms with van der Waals surface area (Å²) in [6.07, 6.45) is 5.52. The lowest BCUT2D eigenvalue weighted by molar-refractivity contribution is -0.125. The molecular formula is C24H21ClFN5O2. The Morgan fingerprint density at radius 1 is 1.18 bits per heavy atom. The monoisotopic (exact) mass is 465 g/mol. The minimum Gasteiger partial charge on any atom is -0.349 e. The minimum absolute atomic E-state index is 0.0703. The van der Waals surface area contributed by atoms with Crippen LogP contribution < -0.4 is 10.3 Å². The lowest BCUT2D eigenvalue weighted by Crippen LogP contribution is -2.47. The Morgan fingerprint density at radius 2 is 1.94 bits per heavy atom. The highest BCUT2D eigenvalue weighted by Crippen LogP contribution is 2.45. The minimum atomic E-state index is -0.732. The average Bonchev–Trinajstić information content (AvgIpc) is 3.05. The molecule has 0 bridgehead atoms. The van der Waals surface area contributed by atoms with Crippen molar-refractivity contribution >= 4 is 45.8 Å². The highest BCUT2D eigenvalue weighted by Gasteiger charge is 2.51. The number of hydrazone groups is 1. The molecule has 33 heavy (non-hydrogen) atoms. The normalized spacial score (nSPS) is 22.6. The van der Waals surface area contributed by atoms with Crippen molar-refractivity contribution in [2.45, 2.75) is 38.6 Å². The second-order valence-corrected chi connectivity index (χ2v) is 8.86. The molecule has 5 rings (SSSR count). The zero-order valence-electron chi connectivity index (χ0n) is 17.9. The van der Waals surface area contributed by atoms with Crippen molar-refractivity contribution in [3.63, 3.8) is 0 Å². The number of hydrogen-bond donors (Lipinski definition) is 1. The van der Waals surface area contributed by atoms with Crippen molar-refractivity contribution in [2.75, 3.05) is 5.01 Å². The third kappa shape index (κ3) is 3.64. The summed E-state index contributed by atoms with van der Waals surface area (Å²) in [5.41, 5.74) is 2.05. The number of amides is 2. The number of hydrogen-bond acceptors (Lipinski definition) is 5. The standard InChI is InChI=1S/C24H21ClFN5O2/c1-14-24(23(33)31(30-14)20-6-5-15(26)13-18(20)25)9-7-16(8-10-24)29-22(32)17-3-2-4-19-21(17)28-12-11-27-19/h2-6,11-13,16H,7-10H2,1H3,(H,29,32)/t16-,24-. The van der Waals surface area contributed by atoms with E-state index in [-0.39, 0.29) is 22.9 Å². The first-order chi connectivity index (χ1) is 15.9. The van der Waals surface area contributed by atoms with E-state index in [4.69, 9.17) is 11.6 Å². The van der Waals surface area contributed by atoms with Gasteiger partial charge >= 0.3 is 0 Å². The molecule has 0 unspecified atom stereocenters. The van der Waals surface area contributed by atoms with Crippen LogP contribution >= 0.6 is 11.6 Å². The number of fused-ring (bicyclic) bond motifs is 1. The number of nitrogens with zero attached hydrogens (tertiary/aromatic N) is 4. The van der Waals surface area contributed by atoms with Crippen molar-refractivity contribution in [1.82, 2.24) is 15.3 Å². The summed E-state index contributed by atoms with van der Waals surface area (Å²) >= 11 is 6.17. The summed E-state index contributed by atoms with van der Waals surface area (Å²) in [7, 11) is 0. The molecule has 2 amide bonds. The topological polar surface area (TPSA) is 87.5 Å². The highest BCUT2D eigenvalue weighted by atomic mass is 35.5. The molecule has 0 atom stereocenters. The van der Waals surface area contributed by atoms with Gasteiger partial charge in [-0.2, -0.15) is 10.1 Å². The number of halogens is 2. The molecule has 2 heterocycles. The second kappa shape index (κ2) is 8.19. The van der Waals surface area contributed by atoms with Gasteiger partial charge < -0.3 is 5.32 Å². The molecule has 1 aliphatic carbocycles. The number of aromatic nitrogens is 2. The van der Waals surface area contributed by atoms with Crippen LogP contribution in [0.25, 0.3) is 11.0 Å². The summed E-state index contributed by atoms with van der Waals surface area (Å²) in [4.78, 5) is 34.9. The third-order valence-electron chi connectivity index (χ3n) is 6.60. The second-order valence-electron chi connectivity index (χ2n) is 8.46. The maximum absolute atomic E-state index is 13.4. The molecule has 2 aromatic carbocycles. The average molecular weight is 466 g/mol. The molecule has 1 N–H and O–H groups in total. The van der Waals surface area contributed by atoms with E-state index in [0.717, 1.165) is 0 Å². The predicted octanol–water partition coefficient (Wildman–Crippen LogP) is 4.50. The van der Waals surface area contributed by atoms with Gasteiger partial charge in [0.15, 0.2) is 0 Å². The molecule has 7 nitrogen and oxygen atoms in total. The van der Waals surface area contributed by atoms with E-state index in [1.54, 1.807) is 24.5 Å². The number of carbonyl (C=O) groups excluding carboxylic acids is 2. The smallest absolute Gasteiger partial charge is 0.259 e. The molecule has 1 aromatic heterocycles. The zero-order valence-corrected chi connectivity index (χ0v) is 18.6. The molecule has 1 spiro atoms. The maximum atomic E-state index is 13.4. The van der Waals surface area contributed by atoms with Crippen LogP contribution in [0.15, 0.2) is 53.9 Å². The lowest BCUT2D eigenvalue weighted by Gasteiger charge is -2.36. The number of benzene rings is 2.